The van der Waals surface area contributed by atoms with E-state index in [4.69, 9.17) is 4.52 Å². The summed E-state index contributed by atoms with van der Waals surface area (Å²) in [4.78, 5) is 28.6. The topological polar surface area (TPSA) is 97.1 Å². The fourth-order valence-corrected chi connectivity index (χ4v) is 3.13. The number of aryl methyl sites for hydroxylation is 2. The van der Waals surface area contributed by atoms with Crippen LogP contribution >= 0.6 is 11.3 Å². The van der Waals surface area contributed by atoms with Crippen LogP contribution in [0.2, 0.25) is 0 Å². The first-order chi connectivity index (χ1) is 12.6. The molecule has 0 spiro atoms. The van der Waals surface area contributed by atoms with Crippen molar-refractivity contribution in [2.24, 2.45) is 0 Å². The zero-order chi connectivity index (χ0) is 18.5. The van der Waals surface area contributed by atoms with Crippen LogP contribution in [0.4, 0.5) is 5.69 Å². The molecule has 2 aromatic heterocycles. The lowest BCUT2D eigenvalue weighted by molar-refractivity contribution is -0.116. The highest BCUT2D eigenvalue weighted by Gasteiger charge is 2.16. The van der Waals surface area contributed by atoms with E-state index in [1.165, 1.54) is 0 Å². The van der Waals surface area contributed by atoms with Gasteiger partial charge in [-0.1, -0.05) is 17.3 Å². The van der Waals surface area contributed by atoms with Crippen molar-refractivity contribution in [3.05, 3.63) is 52.0 Å². The second-order valence-corrected chi connectivity index (χ2v) is 6.43. The number of hydrogen-bond acceptors (Lipinski definition) is 6. The van der Waals surface area contributed by atoms with Gasteiger partial charge in [0.15, 0.2) is 0 Å². The Labute approximate surface area is 154 Å². The Hall–Kier alpha value is -3.00. The number of aromatic nitrogens is 2. The van der Waals surface area contributed by atoms with Crippen molar-refractivity contribution in [1.29, 1.82) is 0 Å². The van der Waals surface area contributed by atoms with Crippen LogP contribution in [0.3, 0.4) is 0 Å². The third-order valence-electron chi connectivity index (χ3n) is 3.81. The van der Waals surface area contributed by atoms with Gasteiger partial charge in [-0.3, -0.25) is 9.59 Å². The van der Waals surface area contributed by atoms with E-state index >= 15 is 0 Å². The molecule has 3 rings (SSSR count). The van der Waals surface area contributed by atoms with E-state index in [1.807, 2.05) is 29.8 Å². The number of benzene rings is 1. The number of carbonyl (C=O) groups is 2. The van der Waals surface area contributed by atoms with Gasteiger partial charge in [0.05, 0.1) is 11.3 Å². The van der Waals surface area contributed by atoms with Crippen LogP contribution in [0.15, 0.2) is 39.5 Å². The molecule has 0 saturated carbocycles. The van der Waals surface area contributed by atoms with Crippen molar-refractivity contribution in [2.45, 2.75) is 19.8 Å². The van der Waals surface area contributed by atoms with Gasteiger partial charge in [-0.25, -0.2) is 0 Å². The lowest BCUT2D eigenvalue weighted by Gasteiger charge is -2.12. The summed E-state index contributed by atoms with van der Waals surface area (Å²) < 4.78 is 5.19. The third-order valence-corrected chi connectivity index (χ3v) is 4.50. The summed E-state index contributed by atoms with van der Waals surface area (Å²) in [6.07, 6.45) is 0.497. The van der Waals surface area contributed by atoms with Crippen molar-refractivity contribution in [1.82, 2.24) is 15.5 Å². The van der Waals surface area contributed by atoms with Crippen LogP contribution in [0, 0.1) is 6.92 Å². The van der Waals surface area contributed by atoms with E-state index < -0.39 is 0 Å². The molecule has 0 aliphatic carbocycles. The molecule has 7 nitrogen and oxygen atoms in total. The van der Waals surface area contributed by atoms with Gasteiger partial charge in [-0.15, -0.1) is 0 Å². The maximum Gasteiger partial charge on any atom is 0.253 e. The number of hydrogen-bond donors (Lipinski definition) is 2. The van der Waals surface area contributed by atoms with E-state index in [-0.39, 0.29) is 18.2 Å². The van der Waals surface area contributed by atoms with E-state index in [0.29, 0.717) is 29.4 Å². The lowest BCUT2D eigenvalue weighted by Crippen LogP contribution is -2.22. The summed E-state index contributed by atoms with van der Waals surface area (Å²) in [6.45, 7) is 1.82. The first-order valence-corrected chi connectivity index (χ1v) is 8.99. The minimum Gasteiger partial charge on any atom is -0.355 e. The van der Waals surface area contributed by atoms with Gasteiger partial charge in [-0.05, 0) is 30.0 Å². The fourth-order valence-electron chi connectivity index (χ4n) is 2.50. The van der Waals surface area contributed by atoms with Gasteiger partial charge in [0.1, 0.15) is 0 Å². The average Bonchev–Trinajstić information content (AvgIpc) is 3.31. The molecule has 1 aromatic carbocycles. The van der Waals surface area contributed by atoms with E-state index in [1.54, 1.807) is 30.5 Å². The SMILES string of the molecule is CNC(=O)c1c(C)cccc1NC(=O)CCc1nc(-c2ccsc2)no1. The van der Waals surface area contributed by atoms with Crippen molar-refractivity contribution in [3.63, 3.8) is 0 Å². The molecule has 0 radical (unpaired) electrons. The molecule has 0 unspecified atom stereocenters. The van der Waals surface area contributed by atoms with Gasteiger partial charge in [0.2, 0.25) is 17.6 Å². The van der Waals surface area contributed by atoms with E-state index in [2.05, 4.69) is 20.8 Å². The molecule has 0 saturated heterocycles. The maximum atomic E-state index is 12.3. The molecule has 0 atom stereocenters. The Balaban J connectivity index is 1.63. The highest BCUT2D eigenvalue weighted by molar-refractivity contribution is 7.08. The zero-order valence-corrected chi connectivity index (χ0v) is 15.2. The third kappa shape index (κ3) is 3.97. The molecule has 0 aliphatic rings. The van der Waals surface area contributed by atoms with E-state index in [9.17, 15) is 9.59 Å². The molecule has 3 aromatic rings. The largest absolute Gasteiger partial charge is 0.355 e. The molecule has 0 fully saturated rings. The second kappa shape index (κ2) is 7.92. The van der Waals surface area contributed by atoms with Crippen LogP contribution in [-0.4, -0.2) is 29.0 Å². The number of rotatable bonds is 6. The molecule has 2 heterocycles. The molecule has 0 bridgehead atoms. The zero-order valence-electron chi connectivity index (χ0n) is 14.4. The average molecular weight is 370 g/mol. The van der Waals surface area contributed by atoms with Crippen molar-refractivity contribution >= 4 is 28.8 Å². The van der Waals surface area contributed by atoms with Crippen LogP contribution in [0.25, 0.3) is 11.4 Å². The minimum atomic E-state index is -0.240. The maximum absolute atomic E-state index is 12.3. The Kier molecular flexibility index (Phi) is 5.43. The van der Waals surface area contributed by atoms with Gasteiger partial charge in [0, 0.05) is 30.8 Å². The van der Waals surface area contributed by atoms with Gasteiger partial charge >= 0.3 is 0 Å². The lowest BCUT2D eigenvalue weighted by atomic mass is 10.1. The van der Waals surface area contributed by atoms with Crippen molar-refractivity contribution in [2.75, 3.05) is 12.4 Å². The van der Waals surface area contributed by atoms with Gasteiger partial charge < -0.3 is 15.2 Å². The fraction of sp³-hybridized carbons (Fsp3) is 0.222. The van der Waals surface area contributed by atoms with E-state index in [0.717, 1.165) is 11.1 Å². The Morgan fingerprint density at radius 3 is 2.85 bits per heavy atom. The molecule has 2 N–H and O–H groups in total. The van der Waals surface area contributed by atoms with Crippen LogP contribution in [0.5, 0.6) is 0 Å². The number of nitrogens with one attached hydrogen (secondary N) is 2. The molecular weight excluding hydrogens is 352 g/mol. The predicted octanol–water partition coefficient (Wildman–Crippen LogP) is 3.04. The molecule has 8 heteroatoms. The van der Waals surface area contributed by atoms with Crippen molar-refractivity contribution < 1.29 is 14.1 Å². The minimum absolute atomic E-state index is 0.173. The summed E-state index contributed by atoms with van der Waals surface area (Å²) in [5.74, 6) is 0.450. The monoisotopic (exact) mass is 370 g/mol. The molecule has 2 amide bonds. The van der Waals surface area contributed by atoms with Gasteiger partial charge in [-0.2, -0.15) is 16.3 Å². The number of thiophene rings is 1. The second-order valence-electron chi connectivity index (χ2n) is 5.65. The highest BCUT2D eigenvalue weighted by atomic mass is 32.1. The summed E-state index contributed by atoms with van der Waals surface area (Å²) in [7, 11) is 1.56. The first kappa shape index (κ1) is 17.8. The molecular formula is C18H18N4O3S. The van der Waals surface area contributed by atoms with Crippen molar-refractivity contribution in [3.8, 4) is 11.4 Å². The summed E-state index contributed by atoms with van der Waals surface area (Å²) in [5.41, 5.74) is 2.63. The van der Waals surface area contributed by atoms with Crippen LogP contribution in [0.1, 0.15) is 28.2 Å². The van der Waals surface area contributed by atoms with Crippen LogP contribution < -0.4 is 10.6 Å². The summed E-state index contributed by atoms with van der Waals surface area (Å²) >= 11 is 1.55. The Bertz CT molecular complexity index is 918. The summed E-state index contributed by atoms with van der Waals surface area (Å²) in [5, 5.41) is 13.2. The smallest absolute Gasteiger partial charge is 0.253 e. The summed E-state index contributed by atoms with van der Waals surface area (Å²) in [6, 6.07) is 7.23. The number of carbonyl (C=O) groups excluding carboxylic acids is 2. The number of amides is 2. The Morgan fingerprint density at radius 1 is 1.27 bits per heavy atom. The molecule has 26 heavy (non-hydrogen) atoms. The number of anilines is 1. The molecule has 0 aliphatic heterocycles. The normalized spacial score (nSPS) is 10.5. The quantitative estimate of drug-likeness (QED) is 0.695. The van der Waals surface area contributed by atoms with Gasteiger partial charge in [0.25, 0.3) is 5.91 Å². The number of nitrogens with zero attached hydrogens (tertiary/aromatic N) is 2. The van der Waals surface area contributed by atoms with Crippen LogP contribution in [-0.2, 0) is 11.2 Å². The molecule has 134 valence electrons. The highest BCUT2D eigenvalue weighted by Crippen LogP contribution is 2.21. The first-order valence-electron chi connectivity index (χ1n) is 8.05. The predicted molar refractivity (Wildman–Crippen MR) is 99.1 cm³/mol. The Morgan fingerprint density at radius 2 is 2.12 bits per heavy atom. The standard InChI is InChI=1S/C18H18N4O3S/c1-11-4-3-5-13(16(11)18(24)19-2)20-14(23)6-7-15-21-17(22-25-15)12-8-9-26-10-12/h3-5,8-10H,6-7H2,1-2H3,(H,19,24)(H,20,23).